The summed E-state index contributed by atoms with van der Waals surface area (Å²) in [4.78, 5) is 14.1. The van der Waals surface area contributed by atoms with E-state index in [9.17, 15) is 17.6 Å². The van der Waals surface area contributed by atoms with Gasteiger partial charge in [0.05, 0.1) is 4.90 Å². The monoisotopic (exact) mass is 421 g/mol. The van der Waals surface area contributed by atoms with Gasteiger partial charge in [0.25, 0.3) is 0 Å². The molecule has 7 heteroatoms. The molecule has 0 radical (unpaired) electrons. The summed E-state index contributed by atoms with van der Waals surface area (Å²) >= 11 is 1.58. The van der Waals surface area contributed by atoms with Gasteiger partial charge >= 0.3 is 0 Å². The van der Waals surface area contributed by atoms with E-state index in [-0.39, 0.29) is 16.6 Å². The van der Waals surface area contributed by atoms with Crippen LogP contribution < -0.4 is 5.32 Å². The van der Waals surface area contributed by atoms with Gasteiger partial charge < -0.3 is 5.32 Å². The van der Waals surface area contributed by atoms with Crippen molar-refractivity contribution < 1.29 is 17.6 Å². The minimum absolute atomic E-state index is 0.207. The Morgan fingerprint density at radius 2 is 1.68 bits per heavy atom. The zero-order valence-corrected chi connectivity index (χ0v) is 17.2. The van der Waals surface area contributed by atoms with Crippen molar-refractivity contribution >= 4 is 27.5 Å². The Kier molecular flexibility index (Phi) is 6.78. The van der Waals surface area contributed by atoms with Gasteiger partial charge in [-0.1, -0.05) is 31.0 Å². The molecule has 1 amide bonds. The topological polar surface area (TPSA) is 63.2 Å². The van der Waals surface area contributed by atoms with Gasteiger partial charge in [0.2, 0.25) is 5.91 Å². The number of nitrogens with one attached hydrogen (secondary N) is 1. The van der Waals surface area contributed by atoms with Crippen LogP contribution in [0.3, 0.4) is 0 Å². The largest absolute Gasteiger partial charge is 0.355 e. The Labute approximate surface area is 169 Å². The summed E-state index contributed by atoms with van der Waals surface area (Å²) in [5, 5.41) is 2.85. The number of hydrogen-bond donors (Lipinski definition) is 1. The highest BCUT2D eigenvalue weighted by molar-refractivity contribution is 7.99. The quantitative estimate of drug-likeness (QED) is 0.512. The summed E-state index contributed by atoms with van der Waals surface area (Å²) in [5.74, 6) is 0.100. The normalized spacial score (nSPS) is 16.0. The molecule has 0 bridgehead atoms. The molecule has 0 saturated heterocycles. The predicted octanol–water partition coefficient (Wildman–Crippen LogP) is 4.21. The zero-order valence-electron chi connectivity index (χ0n) is 15.6. The summed E-state index contributed by atoms with van der Waals surface area (Å²) in [7, 11) is -3.74. The second kappa shape index (κ2) is 9.09. The molecule has 0 aliphatic heterocycles. The number of sulfone groups is 1. The number of rotatable bonds is 8. The molecule has 150 valence electrons. The van der Waals surface area contributed by atoms with Gasteiger partial charge in [-0.15, -0.1) is 11.8 Å². The van der Waals surface area contributed by atoms with Crippen LogP contribution >= 0.6 is 11.8 Å². The molecule has 0 unspecified atom stereocenters. The minimum Gasteiger partial charge on any atom is -0.355 e. The molecule has 3 rings (SSSR count). The third-order valence-electron chi connectivity index (χ3n) is 5.08. The third kappa shape index (κ3) is 4.41. The van der Waals surface area contributed by atoms with Gasteiger partial charge in [0.1, 0.15) is 5.82 Å². The fourth-order valence-corrected chi connectivity index (χ4v) is 6.51. The average molecular weight is 422 g/mol. The molecule has 1 saturated carbocycles. The van der Waals surface area contributed by atoms with E-state index in [1.165, 1.54) is 12.1 Å². The highest BCUT2D eigenvalue weighted by atomic mass is 32.2. The molecule has 1 fully saturated rings. The van der Waals surface area contributed by atoms with E-state index in [0.29, 0.717) is 25.8 Å². The van der Waals surface area contributed by atoms with Gasteiger partial charge in [-0.2, -0.15) is 0 Å². The summed E-state index contributed by atoms with van der Waals surface area (Å²) in [6.45, 7) is 0.416. The molecule has 2 aromatic rings. The summed E-state index contributed by atoms with van der Waals surface area (Å²) in [6, 6.07) is 14.5. The number of carbonyl (C=O) groups is 1. The van der Waals surface area contributed by atoms with Gasteiger partial charge in [0.15, 0.2) is 14.6 Å². The van der Waals surface area contributed by atoms with E-state index >= 15 is 0 Å². The van der Waals surface area contributed by atoms with Crippen molar-refractivity contribution in [2.45, 2.75) is 46.6 Å². The van der Waals surface area contributed by atoms with Crippen LogP contribution in [0, 0.1) is 5.82 Å². The highest BCUT2D eigenvalue weighted by Gasteiger charge is 2.52. The van der Waals surface area contributed by atoms with Crippen molar-refractivity contribution in [1.82, 2.24) is 5.32 Å². The van der Waals surface area contributed by atoms with Crippen molar-refractivity contribution in [3.8, 4) is 0 Å². The lowest BCUT2D eigenvalue weighted by Crippen LogP contribution is -2.50. The Morgan fingerprint density at radius 1 is 1.04 bits per heavy atom. The first kappa shape index (κ1) is 20.9. The molecular weight excluding hydrogens is 397 g/mol. The van der Waals surface area contributed by atoms with Crippen LogP contribution in [0.5, 0.6) is 0 Å². The number of benzene rings is 2. The Morgan fingerprint density at radius 3 is 2.32 bits per heavy atom. The standard InChI is InChI=1S/C21H24FNO3S2/c22-17-9-11-18(12-10-17)27-16-6-15-23-20(24)21(13-4-5-14-21)28(25,26)19-7-2-1-3-8-19/h1-3,7-12H,4-6,13-16H2,(H,23,24). The van der Waals surface area contributed by atoms with Crippen molar-refractivity contribution in [1.29, 1.82) is 0 Å². The van der Waals surface area contributed by atoms with E-state index in [1.54, 1.807) is 54.2 Å². The van der Waals surface area contributed by atoms with E-state index < -0.39 is 14.6 Å². The molecule has 1 N–H and O–H groups in total. The molecule has 0 aromatic heterocycles. The van der Waals surface area contributed by atoms with E-state index in [0.717, 1.165) is 23.5 Å². The second-order valence-corrected chi connectivity index (χ2v) is 10.4. The lowest BCUT2D eigenvalue weighted by molar-refractivity contribution is -0.123. The molecule has 28 heavy (non-hydrogen) atoms. The van der Waals surface area contributed by atoms with Crippen molar-refractivity contribution in [2.24, 2.45) is 0 Å². The van der Waals surface area contributed by atoms with Crippen LogP contribution in [-0.2, 0) is 14.6 Å². The van der Waals surface area contributed by atoms with Crippen molar-refractivity contribution in [3.05, 3.63) is 60.4 Å². The zero-order chi connectivity index (χ0) is 20.0. The first-order valence-corrected chi connectivity index (χ1v) is 11.9. The van der Waals surface area contributed by atoms with Gasteiger partial charge in [-0.3, -0.25) is 4.79 Å². The second-order valence-electron chi connectivity index (χ2n) is 6.93. The molecule has 2 aromatic carbocycles. The van der Waals surface area contributed by atoms with Gasteiger partial charge in [-0.25, -0.2) is 12.8 Å². The van der Waals surface area contributed by atoms with E-state index in [2.05, 4.69) is 5.32 Å². The van der Waals surface area contributed by atoms with Crippen LogP contribution in [0.1, 0.15) is 32.1 Å². The SMILES string of the molecule is O=C(NCCCSc1ccc(F)cc1)C1(S(=O)(=O)c2ccccc2)CCCC1. The first-order chi connectivity index (χ1) is 13.5. The molecule has 1 aliphatic rings. The fourth-order valence-electron chi connectivity index (χ4n) is 3.55. The maximum atomic E-state index is 13.2. The van der Waals surface area contributed by atoms with Crippen LogP contribution in [0.4, 0.5) is 4.39 Å². The smallest absolute Gasteiger partial charge is 0.241 e. The fraction of sp³-hybridized carbons (Fsp3) is 0.381. The van der Waals surface area contributed by atoms with Crippen LogP contribution in [0.15, 0.2) is 64.4 Å². The average Bonchev–Trinajstić information content (AvgIpc) is 3.21. The number of thioether (sulfide) groups is 1. The third-order valence-corrected chi connectivity index (χ3v) is 8.70. The maximum absolute atomic E-state index is 13.2. The van der Waals surface area contributed by atoms with Crippen molar-refractivity contribution in [2.75, 3.05) is 12.3 Å². The van der Waals surface area contributed by atoms with Crippen LogP contribution in [-0.4, -0.2) is 31.4 Å². The maximum Gasteiger partial charge on any atom is 0.241 e. The van der Waals surface area contributed by atoms with Gasteiger partial charge in [0, 0.05) is 11.4 Å². The Hall–Kier alpha value is -1.86. The van der Waals surface area contributed by atoms with E-state index in [4.69, 9.17) is 0 Å². The highest BCUT2D eigenvalue weighted by Crippen LogP contribution is 2.40. The number of hydrogen-bond acceptors (Lipinski definition) is 4. The lowest BCUT2D eigenvalue weighted by atomic mass is 10.1. The molecular formula is C21H24FNO3S2. The molecule has 0 heterocycles. The predicted molar refractivity (Wildman–Crippen MR) is 110 cm³/mol. The molecule has 0 atom stereocenters. The van der Waals surface area contributed by atoms with E-state index in [1.807, 2.05) is 0 Å². The number of halogens is 1. The molecule has 1 aliphatic carbocycles. The van der Waals surface area contributed by atoms with Crippen LogP contribution in [0.2, 0.25) is 0 Å². The van der Waals surface area contributed by atoms with Gasteiger partial charge in [-0.05, 0) is 61.4 Å². The number of amides is 1. The Bertz CT molecular complexity index is 893. The number of carbonyl (C=O) groups excluding carboxylic acids is 1. The Balaban J connectivity index is 1.58. The van der Waals surface area contributed by atoms with Crippen molar-refractivity contribution in [3.63, 3.8) is 0 Å². The summed E-state index contributed by atoms with van der Waals surface area (Å²) < 4.78 is 38.0. The molecule has 0 spiro atoms. The summed E-state index contributed by atoms with van der Waals surface area (Å²) in [6.07, 6.45) is 2.90. The van der Waals surface area contributed by atoms with Crippen LogP contribution in [0.25, 0.3) is 0 Å². The summed E-state index contributed by atoms with van der Waals surface area (Å²) in [5.41, 5.74) is 0. The first-order valence-electron chi connectivity index (χ1n) is 9.42. The lowest BCUT2D eigenvalue weighted by Gasteiger charge is -2.27. The molecule has 4 nitrogen and oxygen atoms in total. The minimum atomic E-state index is -3.74.